The molecular weight excluding hydrogens is 452 g/mol. The van der Waals surface area contributed by atoms with Crippen molar-refractivity contribution in [3.63, 3.8) is 0 Å². The first kappa shape index (κ1) is 23.8. The summed E-state index contributed by atoms with van der Waals surface area (Å²) < 4.78 is 5.48. The lowest BCUT2D eigenvalue weighted by Crippen LogP contribution is -2.47. The molecule has 1 aromatic heterocycles. The van der Waals surface area contributed by atoms with Crippen molar-refractivity contribution in [1.82, 2.24) is 20.8 Å². The van der Waals surface area contributed by atoms with E-state index in [4.69, 9.17) is 9.84 Å². The minimum Gasteiger partial charge on any atom is -0.481 e. The van der Waals surface area contributed by atoms with Gasteiger partial charge in [0.25, 0.3) is 5.56 Å². The van der Waals surface area contributed by atoms with Crippen LogP contribution in [0.1, 0.15) is 35.6 Å². The van der Waals surface area contributed by atoms with Crippen molar-refractivity contribution >= 4 is 18.0 Å². The van der Waals surface area contributed by atoms with Gasteiger partial charge in [-0.2, -0.15) is 0 Å². The highest BCUT2D eigenvalue weighted by atomic mass is 16.5. The summed E-state index contributed by atoms with van der Waals surface area (Å²) in [6.07, 6.45) is -0.826. The van der Waals surface area contributed by atoms with Crippen molar-refractivity contribution < 1.29 is 24.2 Å². The Morgan fingerprint density at radius 2 is 1.66 bits per heavy atom. The van der Waals surface area contributed by atoms with E-state index in [1.165, 1.54) is 6.07 Å². The molecule has 3 aromatic rings. The molecule has 0 fully saturated rings. The third-order valence-corrected chi connectivity index (χ3v) is 5.94. The minimum atomic E-state index is -1.08. The van der Waals surface area contributed by atoms with Crippen molar-refractivity contribution in [2.24, 2.45) is 0 Å². The van der Waals surface area contributed by atoms with E-state index < -0.39 is 24.0 Å². The molecular formula is C25H26N4O6. The highest BCUT2D eigenvalue weighted by molar-refractivity contribution is 5.86. The molecule has 1 heterocycles. The van der Waals surface area contributed by atoms with Crippen molar-refractivity contribution in [3.8, 4) is 11.1 Å². The van der Waals surface area contributed by atoms with E-state index in [0.717, 1.165) is 22.3 Å². The van der Waals surface area contributed by atoms with Gasteiger partial charge in [-0.25, -0.2) is 4.79 Å². The Morgan fingerprint density at radius 1 is 1.00 bits per heavy atom. The number of benzene rings is 2. The van der Waals surface area contributed by atoms with E-state index in [0.29, 0.717) is 12.1 Å². The summed E-state index contributed by atoms with van der Waals surface area (Å²) in [5, 5.41) is 19.3. The van der Waals surface area contributed by atoms with Gasteiger partial charge in [0.15, 0.2) is 0 Å². The molecule has 2 amide bonds. The summed E-state index contributed by atoms with van der Waals surface area (Å²) in [7, 11) is 0. The van der Waals surface area contributed by atoms with Gasteiger partial charge in [0.05, 0.1) is 0 Å². The number of fused-ring (bicyclic) bond motifs is 3. The number of hydrogen-bond acceptors (Lipinski definition) is 5. The number of carbonyl (C=O) groups excluding carboxylic acids is 2. The lowest BCUT2D eigenvalue weighted by molar-refractivity contribution is -0.137. The van der Waals surface area contributed by atoms with Gasteiger partial charge in [-0.15, -0.1) is 0 Å². The molecule has 1 unspecified atom stereocenters. The first-order valence-corrected chi connectivity index (χ1v) is 11.3. The van der Waals surface area contributed by atoms with Crippen LogP contribution in [0.5, 0.6) is 0 Å². The Morgan fingerprint density at radius 3 is 2.26 bits per heavy atom. The van der Waals surface area contributed by atoms with Gasteiger partial charge in [0.2, 0.25) is 5.91 Å². The number of alkyl carbamates (subject to hydrolysis) is 1. The third kappa shape index (κ3) is 5.78. The molecule has 0 saturated carbocycles. The van der Waals surface area contributed by atoms with Crippen molar-refractivity contribution in [1.29, 1.82) is 0 Å². The molecule has 0 spiro atoms. The number of nitrogens with one attached hydrogen (secondary N) is 4. The zero-order valence-electron chi connectivity index (χ0n) is 18.9. The third-order valence-electron chi connectivity index (χ3n) is 5.94. The largest absolute Gasteiger partial charge is 0.481 e. The number of ether oxygens (including phenoxy) is 1. The van der Waals surface area contributed by atoms with E-state index in [9.17, 15) is 19.2 Å². The average molecular weight is 479 g/mol. The summed E-state index contributed by atoms with van der Waals surface area (Å²) in [5.74, 6) is -1.75. The predicted octanol–water partition coefficient (Wildman–Crippen LogP) is 2.13. The maximum absolute atomic E-state index is 12.6. The molecule has 182 valence electrons. The van der Waals surface area contributed by atoms with Crippen molar-refractivity contribution in [2.75, 3.05) is 13.2 Å². The zero-order valence-corrected chi connectivity index (χ0v) is 18.9. The second-order valence-electron chi connectivity index (χ2n) is 8.28. The molecule has 0 radical (unpaired) electrons. The van der Waals surface area contributed by atoms with E-state index in [2.05, 4.69) is 20.8 Å². The van der Waals surface area contributed by atoms with E-state index in [-0.39, 0.29) is 37.5 Å². The Hall–Kier alpha value is -4.34. The second kappa shape index (κ2) is 10.7. The van der Waals surface area contributed by atoms with Crippen LogP contribution in [0.25, 0.3) is 11.1 Å². The molecule has 10 heteroatoms. The number of aromatic amines is 2. The Balaban J connectivity index is 1.35. The lowest BCUT2D eigenvalue weighted by atomic mass is 9.98. The smallest absolute Gasteiger partial charge is 0.407 e. The molecule has 1 atom stereocenters. The van der Waals surface area contributed by atoms with Crippen LogP contribution in [0, 0.1) is 0 Å². The molecule has 5 N–H and O–H groups in total. The van der Waals surface area contributed by atoms with Gasteiger partial charge in [0, 0.05) is 37.1 Å². The van der Waals surface area contributed by atoms with Crippen molar-refractivity contribution in [2.45, 2.75) is 31.2 Å². The summed E-state index contributed by atoms with van der Waals surface area (Å²) in [4.78, 5) is 47.4. The van der Waals surface area contributed by atoms with E-state index in [1.807, 2.05) is 48.5 Å². The quantitative estimate of drug-likeness (QED) is 0.301. The van der Waals surface area contributed by atoms with Crippen LogP contribution in [0.2, 0.25) is 0 Å². The van der Waals surface area contributed by atoms with E-state index in [1.54, 1.807) is 0 Å². The maximum Gasteiger partial charge on any atom is 0.407 e. The van der Waals surface area contributed by atoms with Gasteiger partial charge in [0.1, 0.15) is 12.6 Å². The first-order chi connectivity index (χ1) is 16.9. The Labute approximate surface area is 200 Å². The number of carboxylic acids is 1. The highest BCUT2D eigenvalue weighted by Gasteiger charge is 2.30. The van der Waals surface area contributed by atoms with E-state index >= 15 is 0 Å². The molecule has 1 aliphatic carbocycles. The summed E-state index contributed by atoms with van der Waals surface area (Å²) in [6, 6.07) is 16.2. The van der Waals surface area contributed by atoms with Crippen LogP contribution in [-0.4, -0.2) is 52.5 Å². The van der Waals surface area contributed by atoms with Crippen LogP contribution >= 0.6 is 0 Å². The van der Waals surface area contributed by atoms with Crippen LogP contribution in [0.3, 0.4) is 0 Å². The fraction of sp³-hybridized carbons (Fsp3) is 0.280. The van der Waals surface area contributed by atoms with Gasteiger partial charge in [-0.1, -0.05) is 48.5 Å². The second-order valence-corrected chi connectivity index (χ2v) is 8.28. The normalized spacial score (nSPS) is 12.9. The minimum absolute atomic E-state index is 0.0774. The highest BCUT2D eigenvalue weighted by Crippen LogP contribution is 2.44. The van der Waals surface area contributed by atoms with Crippen LogP contribution < -0.4 is 16.2 Å². The Bertz CT molecular complexity index is 1230. The molecule has 10 nitrogen and oxygen atoms in total. The number of H-pyrrole nitrogens is 2. The molecule has 0 aliphatic heterocycles. The van der Waals surface area contributed by atoms with Crippen LogP contribution in [-0.2, 0) is 20.7 Å². The topological polar surface area (TPSA) is 153 Å². The summed E-state index contributed by atoms with van der Waals surface area (Å²) in [6.45, 7) is 0.274. The summed E-state index contributed by atoms with van der Waals surface area (Å²) in [5.41, 5.74) is 4.65. The van der Waals surface area contributed by atoms with Crippen molar-refractivity contribution in [3.05, 3.63) is 81.8 Å². The fourth-order valence-electron chi connectivity index (χ4n) is 4.27. The molecule has 2 aromatic carbocycles. The molecule has 1 aliphatic rings. The average Bonchev–Trinajstić information content (AvgIpc) is 3.41. The van der Waals surface area contributed by atoms with Crippen LogP contribution in [0.4, 0.5) is 4.79 Å². The standard InChI is InChI=1S/C25H26N4O6/c30-22-13-15(28-29-22)11-12-26-24(33)21(9-10-23(31)32)27-25(34)35-14-20-18-7-3-1-5-16(18)17-6-2-4-8-19(17)20/h1-8,13,20-21H,9-12,14H2,(H,26,33)(H,27,34)(H,31,32)(H2,28,29,30). The molecule has 0 saturated heterocycles. The number of hydrogen-bond donors (Lipinski definition) is 5. The number of aromatic nitrogens is 2. The van der Waals surface area contributed by atoms with Gasteiger partial charge in [-0.05, 0) is 28.7 Å². The van der Waals surface area contributed by atoms with Gasteiger partial charge >= 0.3 is 12.1 Å². The Kier molecular flexibility index (Phi) is 7.30. The fourth-order valence-corrected chi connectivity index (χ4v) is 4.27. The number of carbonyl (C=O) groups is 3. The zero-order chi connectivity index (χ0) is 24.8. The number of aliphatic carboxylic acids is 1. The SMILES string of the molecule is O=C(O)CCC(NC(=O)OCC1c2ccccc2-c2ccccc21)C(=O)NCCc1cc(=O)[nH][nH]1. The summed E-state index contributed by atoms with van der Waals surface area (Å²) >= 11 is 0. The number of amides is 2. The maximum atomic E-state index is 12.6. The van der Waals surface area contributed by atoms with Gasteiger partial charge < -0.3 is 25.6 Å². The number of carboxylic acid groups (broad SMARTS) is 1. The molecule has 4 rings (SSSR count). The molecule has 0 bridgehead atoms. The molecule has 35 heavy (non-hydrogen) atoms. The van der Waals surface area contributed by atoms with Crippen LogP contribution in [0.15, 0.2) is 59.4 Å². The first-order valence-electron chi connectivity index (χ1n) is 11.3. The lowest BCUT2D eigenvalue weighted by Gasteiger charge is -2.19. The monoisotopic (exact) mass is 478 g/mol. The number of rotatable bonds is 10. The van der Waals surface area contributed by atoms with Gasteiger partial charge in [-0.3, -0.25) is 19.5 Å². The predicted molar refractivity (Wildman–Crippen MR) is 127 cm³/mol.